The van der Waals surface area contributed by atoms with Crippen LogP contribution in [0.4, 0.5) is 10.3 Å². The van der Waals surface area contributed by atoms with E-state index in [0.717, 1.165) is 12.8 Å². The van der Waals surface area contributed by atoms with Crippen LogP contribution in [-0.4, -0.2) is 39.4 Å². The first-order valence-corrected chi connectivity index (χ1v) is 10.3. The van der Waals surface area contributed by atoms with E-state index in [0.29, 0.717) is 45.9 Å². The van der Waals surface area contributed by atoms with Crippen molar-refractivity contribution in [2.75, 3.05) is 19.5 Å². The number of ether oxygens (including phenoxy) is 2. The molecule has 0 atom stereocenters. The van der Waals surface area contributed by atoms with E-state index in [1.165, 1.54) is 28.4 Å². The predicted molar refractivity (Wildman–Crippen MR) is 118 cm³/mol. The summed E-state index contributed by atoms with van der Waals surface area (Å²) in [5, 5.41) is 3.27. The lowest BCUT2D eigenvalue weighted by Gasteiger charge is -2.09. The monoisotopic (exact) mass is 435 g/mol. The molecule has 0 spiro atoms. The van der Waals surface area contributed by atoms with E-state index in [4.69, 9.17) is 9.47 Å². The molecule has 1 fully saturated rings. The Labute approximate surface area is 183 Å². The van der Waals surface area contributed by atoms with E-state index in [1.54, 1.807) is 31.5 Å². The molecular formula is C23H22FN5O3. The van der Waals surface area contributed by atoms with Crippen molar-refractivity contribution in [2.24, 2.45) is 0 Å². The summed E-state index contributed by atoms with van der Waals surface area (Å²) in [5.41, 5.74) is 1.82. The minimum atomic E-state index is -0.405. The Morgan fingerprint density at radius 3 is 2.75 bits per heavy atom. The highest BCUT2D eigenvalue weighted by Gasteiger charge is 2.24. The van der Waals surface area contributed by atoms with Gasteiger partial charge in [-0.05, 0) is 43.2 Å². The molecule has 0 amide bonds. The van der Waals surface area contributed by atoms with Crippen LogP contribution in [0.25, 0.3) is 16.9 Å². The van der Waals surface area contributed by atoms with Crippen molar-refractivity contribution in [2.45, 2.75) is 25.4 Å². The number of nitrogens with zero attached hydrogens (tertiary/aromatic N) is 4. The zero-order valence-corrected chi connectivity index (χ0v) is 17.7. The van der Waals surface area contributed by atoms with E-state index in [9.17, 15) is 9.18 Å². The van der Waals surface area contributed by atoms with Crippen molar-refractivity contribution in [3.8, 4) is 17.2 Å². The average molecular weight is 435 g/mol. The van der Waals surface area contributed by atoms with Crippen LogP contribution in [0.1, 0.15) is 18.4 Å². The summed E-state index contributed by atoms with van der Waals surface area (Å²) in [5.74, 6) is 1.18. The number of nitrogens with one attached hydrogen (secondary N) is 1. The number of methoxy groups -OCH3 is 2. The predicted octanol–water partition coefficient (Wildman–Crippen LogP) is 3.36. The Balaban J connectivity index is 1.70. The van der Waals surface area contributed by atoms with E-state index in [1.807, 2.05) is 12.1 Å². The molecule has 1 aliphatic rings. The number of aromatic nitrogens is 4. The van der Waals surface area contributed by atoms with Crippen LogP contribution in [0.3, 0.4) is 0 Å². The lowest BCUT2D eigenvalue weighted by Crippen LogP contribution is -2.24. The maximum atomic E-state index is 13.9. The van der Waals surface area contributed by atoms with Crippen LogP contribution >= 0.6 is 0 Å². The van der Waals surface area contributed by atoms with Gasteiger partial charge in [-0.25, -0.2) is 18.7 Å². The molecule has 0 radical (unpaired) electrons. The van der Waals surface area contributed by atoms with Crippen molar-refractivity contribution in [3.05, 3.63) is 70.5 Å². The standard InChI is InChI=1S/C23H22FN5O3/c1-31-18-5-3-4-17(11-18)29-21-19(12-25-22(27-21)26-16-7-8-16)28(23(29)30)13-14-10-15(24)6-9-20(14)32-2/h3-6,9-12,16H,7-8,13H2,1-2H3,(H,25,26,27). The molecule has 0 bridgehead atoms. The van der Waals surface area contributed by atoms with Crippen LogP contribution in [0.2, 0.25) is 0 Å². The molecule has 164 valence electrons. The molecule has 0 aliphatic heterocycles. The third-order valence-electron chi connectivity index (χ3n) is 5.47. The molecule has 2 aromatic carbocycles. The zero-order chi connectivity index (χ0) is 22.2. The number of rotatable bonds is 7. The highest BCUT2D eigenvalue weighted by Crippen LogP contribution is 2.26. The molecule has 32 heavy (non-hydrogen) atoms. The first-order chi connectivity index (χ1) is 15.6. The van der Waals surface area contributed by atoms with E-state index in [-0.39, 0.29) is 12.2 Å². The molecule has 2 heterocycles. The average Bonchev–Trinajstić information content (AvgIpc) is 3.58. The number of anilines is 1. The van der Waals surface area contributed by atoms with E-state index < -0.39 is 5.82 Å². The van der Waals surface area contributed by atoms with Gasteiger partial charge in [0.15, 0.2) is 5.65 Å². The van der Waals surface area contributed by atoms with Crippen LogP contribution in [-0.2, 0) is 6.54 Å². The Bertz CT molecular complexity index is 1360. The van der Waals surface area contributed by atoms with Gasteiger partial charge in [-0.15, -0.1) is 0 Å². The number of hydrogen-bond acceptors (Lipinski definition) is 6. The Morgan fingerprint density at radius 1 is 1.16 bits per heavy atom. The minimum absolute atomic E-state index is 0.103. The molecule has 8 nitrogen and oxygen atoms in total. The molecule has 1 saturated carbocycles. The van der Waals surface area contributed by atoms with Crippen molar-refractivity contribution >= 4 is 17.1 Å². The second kappa shape index (κ2) is 7.99. The smallest absolute Gasteiger partial charge is 0.335 e. The minimum Gasteiger partial charge on any atom is -0.497 e. The van der Waals surface area contributed by atoms with Crippen LogP contribution in [0.15, 0.2) is 53.5 Å². The lowest BCUT2D eigenvalue weighted by atomic mass is 10.2. The third kappa shape index (κ3) is 3.66. The van der Waals surface area contributed by atoms with Gasteiger partial charge in [0.25, 0.3) is 0 Å². The molecule has 4 aromatic rings. The van der Waals surface area contributed by atoms with E-state index in [2.05, 4.69) is 15.3 Å². The summed E-state index contributed by atoms with van der Waals surface area (Å²) in [6.45, 7) is 0.103. The van der Waals surface area contributed by atoms with Gasteiger partial charge in [0, 0.05) is 17.7 Å². The fourth-order valence-electron chi connectivity index (χ4n) is 3.69. The first-order valence-electron chi connectivity index (χ1n) is 10.3. The van der Waals surface area contributed by atoms with Crippen molar-refractivity contribution < 1.29 is 13.9 Å². The van der Waals surface area contributed by atoms with Crippen molar-refractivity contribution in [1.29, 1.82) is 0 Å². The fraction of sp³-hybridized carbons (Fsp3) is 0.261. The topological polar surface area (TPSA) is 83.2 Å². The molecule has 5 rings (SSSR count). The third-order valence-corrected chi connectivity index (χ3v) is 5.47. The van der Waals surface area contributed by atoms with E-state index >= 15 is 0 Å². The summed E-state index contributed by atoms with van der Waals surface area (Å²) in [4.78, 5) is 22.6. The number of fused-ring (bicyclic) bond motifs is 1. The van der Waals surface area contributed by atoms with Crippen LogP contribution in [0.5, 0.6) is 11.5 Å². The van der Waals surface area contributed by atoms with Gasteiger partial charge < -0.3 is 14.8 Å². The van der Waals surface area contributed by atoms with Gasteiger partial charge in [0.05, 0.1) is 32.6 Å². The first kappa shape index (κ1) is 20.0. The molecule has 0 saturated heterocycles. The highest BCUT2D eigenvalue weighted by molar-refractivity contribution is 5.74. The van der Waals surface area contributed by atoms with Gasteiger partial charge >= 0.3 is 5.69 Å². The summed E-state index contributed by atoms with van der Waals surface area (Å²) in [6, 6.07) is 11.8. The normalized spacial score (nSPS) is 13.3. The molecule has 0 unspecified atom stereocenters. The molecule has 9 heteroatoms. The number of benzene rings is 2. The number of halogens is 1. The second-order valence-corrected chi connectivity index (χ2v) is 7.68. The maximum absolute atomic E-state index is 13.9. The Hall–Kier alpha value is -3.88. The summed E-state index contributed by atoms with van der Waals surface area (Å²) >= 11 is 0. The summed E-state index contributed by atoms with van der Waals surface area (Å²) in [7, 11) is 3.08. The quantitative estimate of drug-likeness (QED) is 0.479. The fourth-order valence-corrected chi connectivity index (χ4v) is 3.69. The number of hydrogen-bond donors (Lipinski definition) is 1. The summed E-state index contributed by atoms with van der Waals surface area (Å²) in [6.07, 6.45) is 3.77. The van der Waals surface area contributed by atoms with Gasteiger partial charge in [-0.3, -0.25) is 4.57 Å². The van der Waals surface area contributed by atoms with Crippen molar-refractivity contribution in [3.63, 3.8) is 0 Å². The van der Waals surface area contributed by atoms with Crippen LogP contribution in [0, 0.1) is 5.82 Å². The summed E-state index contributed by atoms with van der Waals surface area (Å²) < 4.78 is 27.7. The Morgan fingerprint density at radius 2 is 2.00 bits per heavy atom. The van der Waals surface area contributed by atoms with Crippen LogP contribution < -0.4 is 20.5 Å². The zero-order valence-electron chi connectivity index (χ0n) is 17.7. The number of imidazole rings is 1. The van der Waals surface area contributed by atoms with Crippen molar-refractivity contribution in [1.82, 2.24) is 19.1 Å². The SMILES string of the molecule is COc1cccc(-n2c(=O)n(Cc3cc(F)ccc3OC)c3cnc(NC4CC4)nc32)c1. The van der Waals surface area contributed by atoms with Gasteiger partial charge in [0.2, 0.25) is 5.95 Å². The molecule has 2 aromatic heterocycles. The van der Waals surface area contributed by atoms with Gasteiger partial charge in [-0.1, -0.05) is 6.07 Å². The largest absolute Gasteiger partial charge is 0.497 e. The van der Waals surface area contributed by atoms with Gasteiger partial charge in [-0.2, -0.15) is 4.98 Å². The Kier molecular flexibility index (Phi) is 5.01. The van der Waals surface area contributed by atoms with Gasteiger partial charge in [0.1, 0.15) is 22.8 Å². The maximum Gasteiger partial charge on any atom is 0.335 e. The molecule has 1 aliphatic carbocycles. The lowest BCUT2D eigenvalue weighted by molar-refractivity contribution is 0.407. The second-order valence-electron chi connectivity index (χ2n) is 7.68. The molecule has 1 N–H and O–H groups in total. The highest BCUT2D eigenvalue weighted by atomic mass is 19.1. The molecular weight excluding hydrogens is 413 g/mol.